The standard InChI is InChI=1S/C10H7NO5/c1-4-6(12)3-2-5-8(13)7(11-15)10(14)16-9(4)5/h2-3,12,15H,1H3. The van der Waals surface area contributed by atoms with Crippen LogP contribution in [-0.2, 0) is 4.79 Å². The molecule has 0 bridgehead atoms. The van der Waals surface area contributed by atoms with Crippen LogP contribution in [0.25, 0.3) is 0 Å². The number of Topliss-reactive ketones (excluding diaryl/α,β-unsaturated/α-hetero) is 1. The fraction of sp³-hybridized carbons (Fsp3) is 0.100. The predicted molar refractivity (Wildman–Crippen MR) is 52.0 cm³/mol. The first-order chi connectivity index (χ1) is 7.56. The number of benzene rings is 1. The van der Waals surface area contributed by atoms with Gasteiger partial charge in [-0.1, -0.05) is 5.16 Å². The molecule has 1 aromatic carbocycles. The van der Waals surface area contributed by atoms with E-state index in [1.807, 2.05) is 0 Å². The van der Waals surface area contributed by atoms with Gasteiger partial charge < -0.3 is 15.1 Å². The summed E-state index contributed by atoms with van der Waals surface area (Å²) in [6.07, 6.45) is 0. The number of fused-ring (bicyclic) bond motifs is 1. The third kappa shape index (κ3) is 1.23. The summed E-state index contributed by atoms with van der Waals surface area (Å²) >= 11 is 0. The quantitative estimate of drug-likeness (QED) is 0.290. The van der Waals surface area contributed by atoms with Gasteiger partial charge in [0.2, 0.25) is 11.5 Å². The Labute approximate surface area is 89.8 Å². The number of rotatable bonds is 0. The van der Waals surface area contributed by atoms with Crippen LogP contribution in [0.4, 0.5) is 0 Å². The minimum Gasteiger partial charge on any atom is -0.508 e. The summed E-state index contributed by atoms with van der Waals surface area (Å²) in [5, 5.41) is 20.5. The fourth-order valence-corrected chi connectivity index (χ4v) is 1.44. The third-order valence-corrected chi connectivity index (χ3v) is 2.33. The summed E-state index contributed by atoms with van der Waals surface area (Å²) in [4.78, 5) is 22.9. The summed E-state index contributed by atoms with van der Waals surface area (Å²) in [6.45, 7) is 1.51. The Kier molecular flexibility index (Phi) is 2.12. The molecule has 0 saturated heterocycles. The van der Waals surface area contributed by atoms with Gasteiger partial charge in [0.25, 0.3) is 0 Å². The van der Waals surface area contributed by atoms with E-state index < -0.39 is 17.5 Å². The van der Waals surface area contributed by atoms with E-state index in [0.717, 1.165) is 0 Å². The number of ketones is 1. The van der Waals surface area contributed by atoms with Gasteiger partial charge in [0.15, 0.2) is 0 Å². The highest BCUT2D eigenvalue weighted by Crippen LogP contribution is 2.33. The van der Waals surface area contributed by atoms with Gasteiger partial charge in [0, 0.05) is 5.56 Å². The third-order valence-electron chi connectivity index (χ3n) is 2.33. The van der Waals surface area contributed by atoms with Crippen LogP contribution in [0.15, 0.2) is 17.3 Å². The van der Waals surface area contributed by atoms with Gasteiger partial charge in [-0.3, -0.25) is 4.79 Å². The molecule has 0 unspecified atom stereocenters. The van der Waals surface area contributed by atoms with E-state index in [0.29, 0.717) is 0 Å². The molecule has 6 heteroatoms. The largest absolute Gasteiger partial charge is 0.508 e. The lowest BCUT2D eigenvalue weighted by Crippen LogP contribution is -2.34. The van der Waals surface area contributed by atoms with E-state index in [4.69, 9.17) is 9.94 Å². The molecule has 0 radical (unpaired) electrons. The number of esters is 1. The van der Waals surface area contributed by atoms with Crippen molar-refractivity contribution in [3.8, 4) is 11.5 Å². The zero-order chi connectivity index (χ0) is 11.9. The summed E-state index contributed by atoms with van der Waals surface area (Å²) in [5.41, 5.74) is -0.295. The fourth-order valence-electron chi connectivity index (χ4n) is 1.44. The second kappa shape index (κ2) is 3.34. The lowest BCUT2D eigenvalue weighted by molar-refractivity contribution is -0.127. The lowest BCUT2D eigenvalue weighted by atomic mass is 10.00. The van der Waals surface area contributed by atoms with E-state index in [-0.39, 0.29) is 22.6 Å². The van der Waals surface area contributed by atoms with Gasteiger partial charge in [-0.05, 0) is 19.1 Å². The first kappa shape index (κ1) is 10.2. The minimum atomic E-state index is -1.03. The van der Waals surface area contributed by atoms with E-state index in [1.54, 1.807) is 0 Å². The van der Waals surface area contributed by atoms with Crippen LogP contribution in [0.2, 0.25) is 0 Å². The minimum absolute atomic E-state index is 0.00222. The SMILES string of the molecule is Cc1c(O)ccc2c1OC(=O)C(=NO)C2=O. The van der Waals surface area contributed by atoms with Crippen molar-refractivity contribution in [2.75, 3.05) is 0 Å². The van der Waals surface area contributed by atoms with E-state index in [1.165, 1.54) is 19.1 Å². The highest BCUT2D eigenvalue weighted by Gasteiger charge is 2.34. The van der Waals surface area contributed by atoms with Gasteiger partial charge in [-0.2, -0.15) is 0 Å². The average Bonchev–Trinajstić information content (AvgIpc) is 2.25. The van der Waals surface area contributed by atoms with Crippen molar-refractivity contribution in [2.24, 2.45) is 5.16 Å². The number of phenols is 1. The van der Waals surface area contributed by atoms with Crippen molar-refractivity contribution in [1.82, 2.24) is 0 Å². The summed E-state index contributed by atoms with van der Waals surface area (Å²) in [7, 11) is 0. The highest BCUT2D eigenvalue weighted by molar-refractivity contribution is 6.69. The molecule has 82 valence electrons. The monoisotopic (exact) mass is 221 g/mol. The Bertz CT molecular complexity index is 532. The molecule has 1 aromatic rings. The molecule has 6 nitrogen and oxygen atoms in total. The maximum Gasteiger partial charge on any atom is 0.369 e. The molecule has 2 rings (SSSR count). The number of phenolic OH excluding ortho intramolecular Hbond substituents is 1. The molecule has 0 saturated carbocycles. The predicted octanol–water partition coefficient (Wildman–Crippen LogP) is 0.633. The smallest absolute Gasteiger partial charge is 0.369 e. The number of nitrogens with zero attached hydrogens (tertiary/aromatic N) is 1. The Hall–Kier alpha value is -2.37. The Morgan fingerprint density at radius 3 is 2.62 bits per heavy atom. The second-order valence-corrected chi connectivity index (χ2v) is 3.25. The first-order valence-corrected chi connectivity index (χ1v) is 4.37. The average molecular weight is 221 g/mol. The Balaban J connectivity index is 2.68. The first-order valence-electron chi connectivity index (χ1n) is 4.37. The highest BCUT2D eigenvalue weighted by atomic mass is 16.5. The van der Waals surface area contributed by atoms with E-state index in [2.05, 4.69) is 5.16 Å². The zero-order valence-electron chi connectivity index (χ0n) is 8.22. The molecule has 0 amide bonds. The molecule has 1 heterocycles. The summed E-state index contributed by atoms with van der Waals surface area (Å²) < 4.78 is 4.81. The van der Waals surface area contributed by atoms with Crippen LogP contribution < -0.4 is 4.74 Å². The second-order valence-electron chi connectivity index (χ2n) is 3.25. The summed E-state index contributed by atoms with van der Waals surface area (Å²) in [5.74, 6) is -1.84. The van der Waals surface area contributed by atoms with Crippen LogP contribution in [0, 0.1) is 6.92 Å². The van der Waals surface area contributed by atoms with Crippen molar-refractivity contribution >= 4 is 17.5 Å². The molecule has 0 atom stereocenters. The number of carbonyl (C=O) groups excluding carboxylic acids is 2. The Morgan fingerprint density at radius 2 is 2.00 bits per heavy atom. The maximum atomic E-state index is 11.6. The van der Waals surface area contributed by atoms with E-state index >= 15 is 0 Å². The number of hydrogen-bond donors (Lipinski definition) is 2. The maximum absolute atomic E-state index is 11.6. The number of carbonyl (C=O) groups is 2. The molecular formula is C10H7NO5. The van der Waals surface area contributed by atoms with Crippen LogP contribution in [-0.4, -0.2) is 27.8 Å². The van der Waals surface area contributed by atoms with Crippen molar-refractivity contribution in [3.05, 3.63) is 23.3 Å². The van der Waals surface area contributed by atoms with Crippen LogP contribution in [0.3, 0.4) is 0 Å². The molecule has 0 aromatic heterocycles. The normalized spacial score (nSPS) is 17.2. The Morgan fingerprint density at radius 1 is 1.31 bits per heavy atom. The van der Waals surface area contributed by atoms with Crippen LogP contribution in [0.5, 0.6) is 11.5 Å². The van der Waals surface area contributed by atoms with Gasteiger partial charge in [0.05, 0.1) is 5.56 Å². The van der Waals surface area contributed by atoms with Gasteiger partial charge in [0.1, 0.15) is 11.5 Å². The molecule has 1 aliphatic rings. The van der Waals surface area contributed by atoms with Crippen LogP contribution >= 0.6 is 0 Å². The zero-order valence-corrected chi connectivity index (χ0v) is 8.22. The molecule has 2 N–H and O–H groups in total. The number of hydrogen-bond acceptors (Lipinski definition) is 6. The van der Waals surface area contributed by atoms with Gasteiger partial charge >= 0.3 is 5.97 Å². The van der Waals surface area contributed by atoms with Gasteiger partial charge in [-0.15, -0.1) is 0 Å². The van der Waals surface area contributed by atoms with Crippen molar-refractivity contribution in [3.63, 3.8) is 0 Å². The van der Waals surface area contributed by atoms with E-state index in [9.17, 15) is 14.7 Å². The molecule has 0 aliphatic carbocycles. The number of oxime groups is 1. The molecular weight excluding hydrogens is 214 g/mol. The topological polar surface area (TPSA) is 96.2 Å². The van der Waals surface area contributed by atoms with Crippen molar-refractivity contribution < 1.29 is 24.6 Å². The van der Waals surface area contributed by atoms with Gasteiger partial charge in [-0.25, -0.2) is 4.79 Å². The molecule has 0 spiro atoms. The number of ether oxygens (including phenoxy) is 1. The summed E-state index contributed by atoms with van der Waals surface area (Å²) in [6, 6.07) is 2.61. The lowest BCUT2D eigenvalue weighted by Gasteiger charge is -2.17. The van der Waals surface area contributed by atoms with Crippen molar-refractivity contribution in [1.29, 1.82) is 0 Å². The molecule has 1 aliphatic heterocycles. The number of aromatic hydroxyl groups is 1. The molecule has 16 heavy (non-hydrogen) atoms. The van der Waals surface area contributed by atoms with Crippen LogP contribution in [0.1, 0.15) is 15.9 Å². The van der Waals surface area contributed by atoms with Crippen molar-refractivity contribution in [2.45, 2.75) is 6.92 Å². The molecule has 0 fully saturated rings.